The lowest BCUT2D eigenvalue weighted by Gasteiger charge is -2.26. The summed E-state index contributed by atoms with van der Waals surface area (Å²) >= 11 is 0. The molecular weight excluding hydrogens is 490 g/mol. The lowest BCUT2D eigenvalue weighted by Crippen LogP contribution is -2.35. The summed E-state index contributed by atoms with van der Waals surface area (Å²) < 4.78 is 16.9. The maximum atomic E-state index is 10.8. The Hall–Kier alpha value is -3.61. The van der Waals surface area contributed by atoms with Crippen molar-refractivity contribution >= 4 is 11.5 Å². The minimum Gasteiger partial charge on any atom is -0.489 e. The van der Waals surface area contributed by atoms with E-state index in [0.29, 0.717) is 18.1 Å². The monoisotopic (exact) mass is 529 g/mol. The smallest absolute Gasteiger partial charge is 0.341 e. The first-order valence-electron chi connectivity index (χ1n) is 13.5. The van der Waals surface area contributed by atoms with Crippen LogP contribution in [0.25, 0.3) is 5.57 Å². The second-order valence-corrected chi connectivity index (χ2v) is 11.0. The van der Waals surface area contributed by atoms with E-state index in [2.05, 4.69) is 80.3 Å². The summed E-state index contributed by atoms with van der Waals surface area (Å²) in [7, 11) is 0. The number of ether oxygens (including phenoxy) is 3. The SMILES string of the molecule is Cc1cc(OC/C=C(\c2ccc(CN3CCOCC3)cc2)c2ccc(C(C)(C)C)cc2)ccc1OCC(=O)O. The molecule has 6 nitrogen and oxygen atoms in total. The molecule has 1 heterocycles. The highest BCUT2D eigenvalue weighted by molar-refractivity contribution is 5.80. The lowest BCUT2D eigenvalue weighted by atomic mass is 9.85. The molecule has 0 unspecified atom stereocenters. The zero-order valence-electron chi connectivity index (χ0n) is 23.4. The average molecular weight is 530 g/mol. The zero-order chi connectivity index (χ0) is 27.8. The second kappa shape index (κ2) is 13.0. The molecule has 0 spiro atoms. The Bertz CT molecular complexity index is 1270. The van der Waals surface area contributed by atoms with Gasteiger partial charge in [0, 0.05) is 19.6 Å². The summed E-state index contributed by atoms with van der Waals surface area (Å²) in [5.74, 6) is 0.240. The minimum atomic E-state index is -1.00. The van der Waals surface area contributed by atoms with Gasteiger partial charge < -0.3 is 19.3 Å². The number of nitrogens with zero attached hydrogens (tertiary/aromatic N) is 1. The van der Waals surface area contributed by atoms with E-state index < -0.39 is 5.97 Å². The van der Waals surface area contributed by atoms with Crippen LogP contribution in [0, 0.1) is 6.92 Å². The van der Waals surface area contributed by atoms with Gasteiger partial charge in [-0.05, 0) is 70.0 Å². The number of aliphatic carboxylic acids is 1. The predicted octanol–water partition coefficient (Wildman–Crippen LogP) is 6.10. The maximum absolute atomic E-state index is 10.8. The van der Waals surface area contributed by atoms with Gasteiger partial charge in [0.15, 0.2) is 6.61 Å². The highest BCUT2D eigenvalue weighted by atomic mass is 16.5. The van der Waals surface area contributed by atoms with Crippen LogP contribution in [0.3, 0.4) is 0 Å². The van der Waals surface area contributed by atoms with Crippen LogP contribution in [-0.4, -0.2) is 55.5 Å². The molecule has 0 saturated carbocycles. The van der Waals surface area contributed by atoms with Crippen molar-refractivity contribution in [3.05, 3.63) is 101 Å². The van der Waals surface area contributed by atoms with Crippen molar-refractivity contribution in [3.63, 3.8) is 0 Å². The average Bonchev–Trinajstić information content (AvgIpc) is 2.91. The van der Waals surface area contributed by atoms with Crippen molar-refractivity contribution in [1.29, 1.82) is 0 Å². The van der Waals surface area contributed by atoms with Gasteiger partial charge in [0.05, 0.1) is 13.2 Å². The third-order valence-electron chi connectivity index (χ3n) is 6.87. The first-order chi connectivity index (χ1) is 18.7. The standard InChI is InChI=1S/C33H39NO5/c1-24-21-29(13-14-31(24)39-23-32(35)36)38-18-15-30(27-9-11-28(12-10-27)33(2,3)4)26-7-5-25(6-8-26)22-34-16-19-37-20-17-34/h5-15,21H,16-20,22-23H2,1-4H3,(H,35,36)/b30-15+. The van der Waals surface area contributed by atoms with E-state index in [4.69, 9.17) is 19.3 Å². The minimum absolute atomic E-state index is 0.0882. The van der Waals surface area contributed by atoms with Crippen molar-refractivity contribution in [2.75, 3.05) is 39.5 Å². The molecule has 0 atom stereocenters. The molecule has 0 aromatic heterocycles. The van der Waals surface area contributed by atoms with Crippen LogP contribution in [0.15, 0.2) is 72.8 Å². The van der Waals surface area contributed by atoms with Crippen LogP contribution in [0.2, 0.25) is 0 Å². The van der Waals surface area contributed by atoms with Gasteiger partial charge in [0.2, 0.25) is 0 Å². The van der Waals surface area contributed by atoms with E-state index in [1.807, 2.05) is 13.0 Å². The molecule has 1 fully saturated rings. The van der Waals surface area contributed by atoms with Crippen LogP contribution in [0.1, 0.15) is 48.6 Å². The molecule has 3 aromatic carbocycles. The number of carbonyl (C=O) groups is 1. The van der Waals surface area contributed by atoms with Crippen molar-refractivity contribution in [1.82, 2.24) is 4.90 Å². The van der Waals surface area contributed by atoms with Gasteiger partial charge in [-0.3, -0.25) is 4.90 Å². The molecule has 1 saturated heterocycles. The first-order valence-corrected chi connectivity index (χ1v) is 13.5. The molecule has 6 heteroatoms. The molecule has 1 N–H and O–H groups in total. The Balaban J connectivity index is 1.52. The van der Waals surface area contributed by atoms with Gasteiger partial charge in [0.1, 0.15) is 18.1 Å². The van der Waals surface area contributed by atoms with E-state index in [1.165, 1.54) is 11.1 Å². The highest BCUT2D eigenvalue weighted by Crippen LogP contribution is 2.29. The molecule has 0 bridgehead atoms. The number of carboxylic acids is 1. The molecule has 3 aromatic rings. The summed E-state index contributed by atoms with van der Waals surface area (Å²) in [4.78, 5) is 13.2. The highest BCUT2D eigenvalue weighted by Gasteiger charge is 2.15. The number of morpholine rings is 1. The van der Waals surface area contributed by atoms with E-state index in [9.17, 15) is 4.79 Å². The van der Waals surface area contributed by atoms with E-state index in [-0.39, 0.29) is 12.0 Å². The van der Waals surface area contributed by atoms with Gasteiger partial charge in [-0.2, -0.15) is 0 Å². The number of aryl methyl sites for hydroxylation is 1. The Morgan fingerprint density at radius 1 is 0.949 bits per heavy atom. The Morgan fingerprint density at radius 3 is 2.18 bits per heavy atom. The normalized spacial score (nSPS) is 14.7. The van der Waals surface area contributed by atoms with Crippen LogP contribution in [-0.2, 0) is 21.5 Å². The van der Waals surface area contributed by atoms with E-state index >= 15 is 0 Å². The van der Waals surface area contributed by atoms with Crippen LogP contribution < -0.4 is 9.47 Å². The summed E-state index contributed by atoms with van der Waals surface area (Å²) in [5.41, 5.74) is 6.90. The van der Waals surface area contributed by atoms with Crippen LogP contribution in [0.5, 0.6) is 11.5 Å². The fraction of sp³-hybridized carbons (Fsp3) is 0.364. The number of hydrogen-bond acceptors (Lipinski definition) is 5. The molecule has 39 heavy (non-hydrogen) atoms. The van der Waals surface area contributed by atoms with Crippen LogP contribution in [0.4, 0.5) is 0 Å². The summed E-state index contributed by atoms with van der Waals surface area (Å²) in [5, 5.41) is 8.86. The summed E-state index contributed by atoms with van der Waals surface area (Å²) in [6.45, 7) is 13.0. The number of hydrogen-bond donors (Lipinski definition) is 1. The summed E-state index contributed by atoms with van der Waals surface area (Å²) in [6, 6.07) is 23.0. The van der Waals surface area contributed by atoms with Gasteiger partial charge in [0.25, 0.3) is 0 Å². The number of carboxylic acid groups (broad SMARTS) is 1. The van der Waals surface area contributed by atoms with Gasteiger partial charge in [-0.1, -0.05) is 69.3 Å². The zero-order valence-corrected chi connectivity index (χ0v) is 23.4. The largest absolute Gasteiger partial charge is 0.489 e. The summed E-state index contributed by atoms with van der Waals surface area (Å²) in [6.07, 6.45) is 2.12. The third-order valence-corrected chi connectivity index (χ3v) is 6.87. The van der Waals surface area contributed by atoms with E-state index in [0.717, 1.165) is 55.1 Å². The van der Waals surface area contributed by atoms with Crippen molar-refractivity contribution < 1.29 is 24.1 Å². The molecule has 0 amide bonds. The molecule has 1 aliphatic rings. The quantitative estimate of drug-likeness (QED) is 0.342. The molecule has 0 radical (unpaired) electrons. The number of rotatable bonds is 10. The molecule has 4 rings (SSSR count). The van der Waals surface area contributed by atoms with Crippen molar-refractivity contribution in [3.8, 4) is 11.5 Å². The number of benzene rings is 3. The van der Waals surface area contributed by atoms with Crippen molar-refractivity contribution in [2.24, 2.45) is 0 Å². The third kappa shape index (κ3) is 8.19. The lowest BCUT2D eigenvalue weighted by molar-refractivity contribution is -0.139. The predicted molar refractivity (Wildman–Crippen MR) is 155 cm³/mol. The fourth-order valence-corrected chi connectivity index (χ4v) is 4.59. The first kappa shape index (κ1) is 28.4. The van der Waals surface area contributed by atoms with Crippen molar-refractivity contribution in [2.45, 2.75) is 39.7 Å². The van der Waals surface area contributed by atoms with E-state index in [1.54, 1.807) is 12.1 Å². The fourth-order valence-electron chi connectivity index (χ4n) is 4.59. The molecule has 1 aliphatic heterocycles. The molecular formula is C33H39NO5. The molecule has 206 valence electrons. The maximum Gasteiger partial charge on any atom is 0.341 e. The van der Waals surface area contributed by atoms with Gasteiger partial charge in [-0.25, -0.2) is 4.79 Å². The van der Waals surface area contributed by atoms with Crippen LogP contribution >= 0.6 is 0 Å². The Labute approximate surface area is 231 Å². The Kier molecular flexibility index (Phi) is 9.44. The topological polar surface area (TPSA) is 68.2 Å². The van der Waals surface area contributed by atoms with Gasteiger partial charge >= 0.3 is 5.97 Å². The second-order valence-electron chi connectivity index (χ2n) is 11.0. The van der Waals surface area contributed by atoms with Gasteiger partial charge in [-0.15, -0.1) is 0 Å². The Morgan fingerprint density at radius 2 is 1.59 bits per heavy atom. The molecule has 0 aliphatic carbocycles.